The van der Waals surface area contributed by atoms with Crippen molar-refractivity contribution in [1.29, 1.82) is 0 Å². The molecule has 4 aliphatic carbocycles. The van der Waals surface area contributed by atoms with Gasteiger partial charge in [0.1, 0.15) is 0 Å². The third kappa shape index (κ3) is 3.85. The molecular formula is C29H48O3. The van der Waals surface area contributed by atoms with Crippen molar-refractivity contribution in [2.75, 3.05) is 0 Å². The van der Waals surface area contributed by atoms with Crippen molar-refractivity contribution >= 4 is 0 Å². The summed E-state index contributed by atoms with van der Waals surface area (Å²) in [6.45, 7) is 12.7. The topological polar surface area (TPSA) is 49.7 Å². The van der Waals surface area contributed by atoms with E-state index in [9.17, 15) is 10.2 Å². The first-order valence-electron chi connectivity index (χ1n) is 13.5. The molecule has 0 bridgehead atoms. The normalized spacial score (nSPS) is 43.7. The van der Waals surface area contributed by atoms with Gasteiger partial charge in [-0.3, -0.25) is 0 Å². The Morgan fingerprint density at radius 1 is 0.938 bits per heavy atom. The number of hydrogen-bond donors (Lipinski definition) is 2. The van der Waals surface area contributed by atoms with Crippen LogP contribution in [0, 0.1) is 46.3 Å². The Morgan fingerprint density at radius 3 is 2.34 bits per heavy atom. The van der Waals surface area contributed by atoms with Gasteiger partial charge in [0.15, 0.2) is 0 Å². The monoisotopic (exact) mass is 444 g/mol. The number of allylic oxidation sites excluding steroid dienone is 3. The largest absolute Gasteiger partial charge is 0.346 e. The SMILES string of the molecule is CC(C)[C@@H](C)/C=C/[C@@H](C)[C@H]1CC[C@H]2C3=CC[C@@]4(OC(O)O)CCCC[C@]4(C)[C@H]3CC[C@]12C. The van der Waals surface area contributed by atoms with Crippen LogP contribution in [0.3, 0.4) is 0 Å². The zero-order valence-electron chi connectivity index (χ0n) is 21.4. The van der Waals surface area contributed by atoms with E-state index in [0.717, 1.165) is 31.6 Å². The first-order chi connectivity index (χ1) is 15.0. The molecule has 0 spiro atoms. The lowest BCUT2D eigenvalue weighted by Gasteiger charge is -2.61. The fourth-order valence-corrected chi connectivity index (χ4v) is 8.55. The molecule has 8 atom stereocenters. The number of aliphatic hydroxyl groups excluding tert-OH is 1. The highest BCUT2D eigenvalue weighted by molar-refractivity contribution is 5.31. The third-order valence-electron chi connectivity index (χ3n) is 10.9. The predicted octanol–water partition coefficient (Wildman–Crippen LogP) is 6.85. The highest BCUT2D eigenvalue weighted by atomic mass is 16.7. The zero-order chi connectivity index (χ0) is 23.3. The van der Waals surface area contributed by atoms with Gasteiger partial charge < -0.3 is 14.9 Å². The molecular weight excluding hydrogens is 396 g/mol. The number of fused-ring (bicyclic) bond motifs is 5. The molecule has 0 aliphatic heterocycles. The van der Waals surface area contributed by atoms with Gasteiger partial charge in [0.25, 0.3) is 6.48 Å². The van der Waals surface area contributed by atoms with Gasteiger partial charge in [-0.15, -0.1) is 0 Å². The Hall–Kier alpha value is -0.640. The molecule has 0 radical (unpaired) electrons. The van der Waals surface area contributed by atoms with Gasteiger partial charge in [-0.1, -0.05) is 78.2 Å². The lowest BCUT2D eigenvalue weighted by molar-refractivity contribution is -0.325. The summed E-state index contributed by atoms with van der Waals surface area (Å²) in [7, 11) is 0. The van der Waals surface area contributed by atoms with E-state index in [1.165, 1.54) is 32.1 Å². The number of rotatable bonds is 6. The van der Waals surface area contributed by atoms with Crippen LogP contribution < -0.4 is 0 Å². The number of hydrogen-bond acceptors (Lipinski definition) is 3. The first-order valence-corrected chi connectivity index (χ1v) is 13.5. The van der Waals surface area contributed by atoms with Gasteiger partial charge in [-0.25, -0.2) is 0 Å². The molecule has 0 amide bonds. The molecule has 3 heteroatoms. The van der Waals surface area contributed by atoms with Crippen LogP contribution in [-0.2, 0) is 4.74 Å². The van der Waals surface area contributed by atoms with E-state index >= 15 is 0 Å². The van der Waals surface area contributed by atoms with Crippen molar-refractivity contribution in [1.82, 2.24) is 0 Å². The summed E-state index contributed by atoms with van der Waals surface area (Å²) in [4.78, 5) is 0. The Balaban J connectivity index is 1.59. The van der Waals surface area contributed by atoms with Crippen LogP contribution in [0.1, 0.15) is 99.3 Å². The average Bonchev–Trinajstić information content (AvgIpc) is 3.08. The second-order valence-corrected chi connectivity index (χ2v) is 12.7. The van der Waals surface area contributed by atoms with Gasteiger partial charge in [-0.2, -0.15) is 0 Å². The minimum atomic E-state index is -1.67. The van der Waals surface area contributed by atoms with Gasteiger partial charge in [0.2, 0.25) is 0 Å². The van der Waals surface area contributed by atoms with Gasteiger partial charge in [-0.05, 0) is 85.9 Å². The summed E-state index contributed by atoms with van der Waals surface area (Å²) >= 11 is 0. The van der Waals surface area contributed by atoms with E-state index in [2.05, 4.69) is 59.8 Å². The van der Waals surface area contributed by atoms with Gasteiger partial charge in [0, 0.05) is 5.41 Å². The summed E-state index contributed by atoms with van der Waals surface area (Å²) in [6, 6.07) is 0. The molecule has 32 heavy (non-hydrogen) atoms. The van der Waals surface area contributed by atoms with Crippen molar-refractivity contribution in [3.8, 4) is 0 Å². The Kier molecular flexibility index (Phi) is 6.78. The van der Waals surface area contributed by atoms with Crippen molar-refractivity contribution in [3.05, 3.63) is 23.8 Å². The molecule has 3 fully saturated rings. The van der Waals surface area contributed by atoms with Crippen molar-refractivity contribution < 1.29 is 14.9 Å². The molecule has 3 nitrogen and oxygen atoms in total. The summed E-state index contributed by atoms with van der Waals surface area (Å²) in [5, 5.41) is 19.5. The van der Waals surface area contributed by atoms with Crippen molar-refractivity contribution in [2.45, 2.75) is 111 Å². The molecule has 4 rings (SSSR count). The second-order valence-electron chi connectivity index (χ2n) is 12.7. The minimum absolute atomic E-state index is 0.0106. The summed E-state index contributed by atoms with van der Waals surface area (Å²) in [5.41, 5.74) is 1.68. The fraction of sp³-hybridized carbons (Fsp3) is 0.862. The molecule has 3 saturated carbocycles. The molecule has 0 heterocycles. The number of ether oxygens (including phenoxy) is 1. The van der Waals surface area contributed by atoms with Crippen LogP contribution in [0.4, 0.5) is 0 Å². The highest BCUT2D eigenvalue weighted by Gasteiger charge is 2.62. The maximum absolute atomic E-state index is 9.77. The standard InChI is InChI=1S/C29H48O3/c1-19(2)20(3)9-10-21(4)23-11-12-24-22-13-18-29(32-26(30)31)16-8-7-15-28(29,6)25(22)14-17-27(23,24)5/h9-10,13,19-21,23-26,30-31H,7-8,11-12,14-18H2,1-6H3/b10-9+/t20-,21+,23+,24-,25-,27+,28+,29-/m0/s1. The Labute approximate surface area is 196 Å². The maximum Gasteiger partial charge on any atom is 0.267 e. The maximum atomic E-state index is 9.77. The average molecular weight is 445 g/mol. The summed E-state index contributed by atoms with van der Waals surface area (Å²) in [5.74, 6) is 3.93. The second kappa shape index (κ2) is 8.86. The minimum Gasteiger partial charge on any atom is -0.346 e. The van der Waals surface area contributed by atoms with Crippen LogP contribution in [-0.4, -0.2) is 22.3 Å². The van der Waals surface area contributed by atoms with Crippen LogP contribution in [0.2, 0.25) is 0 Å². The third-order valence-corrected chi connectivity index (χ3v) is 10.9. The van der Waals surface area contributed by atoms with Crippen molar-refractivity contribution in [3.63, 3.8) is 0 Å². The van der Waals surface area contributed by atoms with E-state index in [-0.39, 0.29) is 5.41 Å². The molecule has 0 aromatic rings. The molecule has 0 unspecified atom stereocenters. The first kappa shape index (κ1) is 24.5. The summed E-state index contributed by atoms with van der Waals surface area (Å²) in [6.07, 6.45) is 17.9. The molecule has 2 N–H and O–H groups in total. The van der Waals surface area contributed by atoms with E-state index in [1.54, 1.807) is 5.57 Å². The van der Waals surface area contributed by atoms with Crippen molar-refractivity contribution in [2.24, 2.45) is 46.3 Å². The molecule has 4 aliphatic rings. The fourth-order valence-electron chi connectivity index (χ4n) is 8.55. The van der Waals surface area contributed by atoms with Gasteiger partial charge >= 0.3 is 0 Å². The van der Waals surface area contributed by atoms with Crippen LogP contribution in [0.5, 0.6) is 0 Å². The molecule has 0 aromatic carbocycles. The molecule has 0 saturated heterocycles. The lowest BCUT2D eigenvalue weighted by atomic mass is 9.46. The van der Waals surface area contributed by atoms with E-state index in [0.29, 0.717) is 35.0 Å². The van der Waals surface area contributed by atoms with E-state index in [1.807, 2.05) is 0 Å². The van der Waals surface area contributed by atoms with E-state index < -0.39 is 12.1 Å². The number of aliphatic hydroxyl groups is 2. The molecule has 182 valence electrons. The zero-order valence-corrected chi connectivity index (χ0v) is 21.4. The van der Waals surface area contributed by atoms with Crippen LogP contribution in [0.15, 0.2) is 23.8 Å². The van der Waals surface area contributed by atoms with Crippen LogP contribution in [0.25, 0.3) is 0 Å². The summed E-state index contributed by atoms with van der Waals surface area (Å²) < 4.78 is 5.96. The smallest absolute Gasteiger partial charge is 0.267 e. The van der Waals surface area contributed by atoms with Gasteiger partial charge in [0.05, 0.1) is 5.60 Å². The predicted molar refractivity (Wildman–Crippen MR) is 131 cm³/mol. The lowest BCUT2D eigenvalue weighted by Crippen LogP contribution is -2.60. The van der Waals surface area contributed by atoms with E-state index in [4.69, 9.17) is 4.74 Å². The molecule has 0 aromatic heterocycles. The van der Waals surface area contributed by atoms with Crippen LogP contribution >= 0.6 is 0 Å². The highest BCUT2D eigenvalue weighted by Crippen LogP contribution is 2.68. The quantitative estimate of drug-likeness (QED) is 0.348. The Morgan fingerprint density at radius 2 is 1.66 bits per heavy atom. The Bertz CT molecular complexity index is 739.